The molecule has 0 amide bonds. The van der Waals surface area contributed by atoms with E-state index in [0.717, 1.165) is 13.9 Å². The standard InChI is InChI=1S/C7H2BF4N/c8-3-6(11)4(9)2(1-13)5(10)7(3)12/h8H2. The summed E-state index contributed by atoms with van der Waals surface area (Å²) in [6, 6.07) is 1.04. The van der Waals surface area contributed by atoms with Crippen LogP contribution < -0.4 is 5.46 Å². The number of nitrogens with zero attached hydrogens (tertiary/aromatic N) is 1. The quantitative estimate of drug-likeness (QED) is 0.327. The summed E-state index contributed by atoms with van der Waals surface area (Å²) in [6.07, 6.45) is 0. The predicted octanol–water partition coefficient (Wildman–Crippen LogP) is 0.373. The van der Waals surface area contributed by atoms with E-state index in [4.69, 9.17) is 5.26 Å². The summed E-state index contributed by atoms with van der Waals surface area (Å²) in [4.78, 5) is 0. The Hall–Kier alpha value is -1.51. The molecule has 0 unspecified atom stereocenters. The van der Waals surface area contributed by atoms with Crippen LogP contribution in [0.2, 0.25) is 0 Å². The van der Waals surface area contributed by atoms with Crippen molar-refractivity contribution in [3.8, 4) is 6.07 Å². The largest absolute Gasteiger partial charge is 0.204 e. The Morgan fingerprint density at radius 2 is 1.31 bits per heavy atom. The molecule has 0 saturated heterocycles. The van der Waals surface area contributed by atoms with Crippen LogP contribution in [0.4, 0.5) is 17.6 Å². The van der Waals surface area contributed by atoms with Crippen LogP contribution in [0.3, 0.4) is 0 Å². The predicted molar refractivity (Wildman–Crippen MR) is 39.2 cm³/mol. The van der Waals surface area contributed by atoms with Gasteiger partial charge in [-0.15, -0.1) is 0 Å². The van der Waals surface area contributed by atoms with E-state index in [0.29, 0.717) is 0 Å². The number of benzene rings is 1. The van der Waals surface area contributed by atoms with Crippen LogP contribution in [0.1, 0.15) is 5.56 Å². The smallest absolute Gasteiger partial charge is 0.179 e. The second-order valence-electron chi connectivity index (χ2n) is 2.37. The molecule has 1 nitrogen and oxygen atoms in total. The second-order valence-corrected chi connectivity index (χ2v) is 2.37. The SMILES string of the molecule is Bc1c(F)c(F)c(C#N)c(F)c1F. The molecule has 0 aromatic heterocycles. The van der Waals surface area contributed by atoms with Crippen LogP contribution in [0.25, 0.3) is 0 Å². The lowest BCUT2D eigenvalue weighted by atomic mass is 9.93. The molecule has 0 N–H and O–H groups in total. The van der Waals surface area contributed by atoms with Gasteiger partial charge in [0.25, 0.3) is 0 Å². The summed E-state index contributed by atoms with van der Waals surface area (Å²) in [5.74, 6) is -6.37. The molecule has 0 heterocycles. The van der Waals surface area contributed by atoms with Gasteiger partial charge in [0.1, 0.15) is 19.5 Å². The topological polar surface area (TPSA) is 23.8 Å². The van der Waals surface area contributed by atoms with Gasteiger partial charge in [-0.05, 0) is 5.46 Å². The summed E-state index contributed by atoms with van der Waals surface area (Å²) in [6.45, 7) is 0. The normalized spacial score (nSPS) is 9.77. The highest BCUT2D eigenvalue weighted by molar-refractivity contribution is 6.32. The Labute approximate surface area is 72.0 Å². The van der Waals surface area contributed by atoms with Crippen LogP contribution in [-0.2, 0) is 0 Å². The van der Waals surface area contributed by atoms with Gasteiger partial charge in [0.2, 0.25) is 0 Å². The average Bonchev–Trinajstić information content (AvgIpc) is 2.13. The monoisotopic (exact) mass is 187 g/mol. The lowest BCUT2D eigenvalue weighted by molar-refractivity contribution is 0.459. The van der Waals surface area contributed by atoms with Gasteiger partial charge in [0.15, 0.2) is 23.3 Å². The van der Waals surface area contributed by atoms with Crippen LogP contribution >= 0.6 is 0 Å². The third-order valence-corrected chi connectivity index (χ3v) is 1.59. The van der Waals surface area contributed by atoms with Crippen LogP contribution in [-0.4, -0.2) is 7.85 Å². The molecular formula is C7H2BF4N. The van der Waals surface area contributed by atoms with E-state index < -0.39 is 34.3 Å². The van der Waals surface area contributed by atoms with Crippen LogP contribution in [0.5, 0.6) is 0 Å². The lowest BCUT2D eigenvalue weighted by Gasteiger charge is -2.03. The van der Waals surface area contributed by atoms with E-state index in [-0.39, 0.29) is 0 Å². The Kier molecular flexibility index (Phi) is 2.28. The fraction of sp³-hybridized carbons (Fsp3) is 0. The van der Waals surface area contributed by atoms with Gasteiger partial charge in [-0.25, -0.2) is 17.6 Å². The molecule has 0 fully saturated rings. The summed E-state index contributed by atoms with van der Waals surface area (Å²) in [7, 11) is 0.887. The average molecular weight is 187 g/mol. The first-order valence-corrected chi connectivity index (χ1v) is 3.23. The fourth-order valence-electron chi connectivity index (χ4n) is 0.840. The number of nitriles is 1. The highest BCUT2D eigenvalue weighted by atomic mass is 19.2. The molecule has 0 aliphatic rings. The summed E-state index contributed by atoms with van der Waals surface area (Å²) < 4.78 is 50.8. The highest BCUT2D eigenvalue weighted by Crippen LogP contribution is 2.15. The van der Waals surface area contributed by atoms with Gasteiger partial charge < -0.3 is 0 Å². The molecule has 0 spiro atoms. The first kappa shape index (κ1) is 9.58. The van der Waals surface area contributed by atoms with Crippen molar-refractivity contribution in [2.75, 3.05) is 0 Å². The maximum absolute atomic E-state index is 12.7. The van der Waals surface area contributed by atoms with Crippen molar-refractivity contribution >= 4 is 13.3 Å². The fourth-order valence-corrected chi connectivity index (χ4v) is 0.840. The molecule has 0 atom stereocenters. The molecule has 13 heavy (non-hydrogen) atoms. The number of hydrogen-bond acceptors (Lipinski definition) is 1. The summed E-state index contributed by atoms with van der Waals surface area (Å²) in [5.41, 5.74) is -2.00. The lowest BCUT2D eigenvalue weighted by Crippen LogP contribution is -2.20. The molecule has 0 aliphatic heterocycles. The molecule has 0 saturated carbocycles. The Morgan fingerprint density at radius 3 is 1.62 bits per heavy atom. The maximum atomic E-state index is 12.7. The van der Waals surface area contributed by atoms with Gasteiger partial charge >= 0.3 is 0 Å². The Morgan fingerprint density at radius 1 is 0.923 bits per heavy atom. The van der Waals surface area contributed by atoms with E-state index in [1.165, 1.54) is 0 Å². The van der Waals surface area contributed by atoms with Crippen LogP contribution in [0, 0.1) is 34.6 Å². The molecule has 0 bridgehead atoms. The summed E-state index contributed by atoms with van der Waals surface area (Å²) in [5, 5.41) is 8.18. The van der Waals surface area contributed by atoms with Gasteiger partial charge in [0, 0.05) is 0 Å². The van der Waals surface area contributed by atoms with E-state index in [1.807, 2.05) is 0 Å². The number of halogens is 4. The first-order chi connectivity index (χ1) is 6.00. The zero-order valence-electron chi connectivity index (χ0n) is 6.46. The minimum atomic E-state index is -1.65. The molecule has 0 radical (unpaired) electrons. The van der Waals surface area contributed by atoms with Crippen molar-refractivity contribution in [3.05, 3.63) is 28.8 Å². The van der Waals surface area contributed by atoms with Crippen molar-refractivity contribution in [1.82, 2.24) is 0 Å². The molecule has 1 aromatic rings. The Bertz CT molecular complexity index is 381. The maximum Gasteiger partial charge on any atom is 0.179 e. The van der Waals surface area contributed by atoms with E-state index in [9.17, 15) is 17.6 Å². The Balaban J connectivity index is 3.69. The summed E-state index contributed by atoms with van der Waals surface area (Å²) >= 11 is 0. The minimum Gasteiger partial charge on any atom is -0.204 e. The third kappa shape index (κ3) is 1.26. The molecular weight excluding hydrogens is 185 g/mol. The highest BCUT2D eigenvalue weighted by Gasteiger charge is 2.22. The third-order valence-electron chi connectivity index (χ3n) is 1.59. The van der Waals surface area contributed by atoms with Gasteiger partial charge in [-0.2, -0.15) is 5.26 Å². The molecule has 0 aliphatic carbocycles. The van der Waals surface area contributed by atoms with Gasteiger partial charge in [0.05, 0.1) is 0 Å². The van der Waals surface area contributed by atoms with Crippen molar-refractivity contribution in [2.24, 2.45) is 0 Å². The van der Waals surface area contributed by atoms with Crippen LogP contribution in [0.15, 0.2) is 0 Å². The second kappa shape index (κ2) is 3.09. The first-order valence-electron chi connectivity index (χ1n) is 3.23. The van der Waals surface area contributed by atoms with Crippen molar-refractivity contribution in [3.63, 3.8) is 0 Å². The van der Waals surface area contributed by atoms with E-state index in [2.05, 4.69) is 0 Å². The number of hydrogen-bond donors (Lipinski definition) is 0. The van der Waals surface area contributed by atoms with Crippen molar-refractivity contribution in [2.45, 2.75) is 0 Å². The zero-order valence-corrected chi connectivity index (χ0v) is 6.46. The van der Waals surface area contributed by atoms with E-state index >= 15 is 0 Å². The molecule has 6 heteroatoms. The molecule has 1 rings (SSSR count). The van der Waals surface area contributed by atoms with Gasteiger partial charge in [-0.1, -0.05) is 0 Å². The zero-order chi connectivity index (χ0) is 10.2. The minimum absolute atomic E-state index is 0.769. The van der Waals surface area contributed by atoms with Crippen molar-refractivity contribution in [1.29, 1.82) is 5.26 Å². The van der Waals surface area contributed by atoms with Gasteiger partial charge in [-0.3, -0.25) is 0 Å². The molecule has 1 aromatic carbocycles. The van der Waals surface area contributed by atoms with Crippen molar-refractivity contribution < 1.29 is 17.6 Å². The van der Waals surface area contributed by atoms with E-state index in [1.54, 1.807) is 0 Å². The number of rotatable bonds is 0. The molecule has 66 valence electrons.